The van der Waals surface area contributed by atoms with Gasteiger partial charge in [-0.15, -0.1) is 0 Å². The van der Waals surface area contributed by atoms with E-state index in [4.69, 9.17) is 10.5 Å². The van der Waals surface area contributed by atoms with Crippen LogP contribution in [0, 0.1) is 0 Å². The minimum Gasteiger partial charge on any atom is -0.497 e. The number of hydrogen-bond donors (Lipinski definition) is 2. The second-order valence-electron chi connectivity index (χ2n) is 3.72. The number of aliphatic hydroxyl groups is 1. The Morgan fingerprint density at radius 3 is 2.56 bits per heavy atom. The van der Waals surface area contributed by atoms with Crippen molar-refractivity contribution in [2.75, 3.05) is 13.7 Å². The Kier molecular flexibility index (Phi) is 3.08. The van der Waals surface area contributed by atoms with Gasteiger partial charge in [-0.3, -0.25) is 0 Å². The van der Waals surface area contributed by atoms with Gasteiger partial charge in [0.1, 0.15) is 5.75 Å². The summed E-state index contributed by atoms with van der Waals surface area (Å²) in [4.78, 5) is 0. The molecule has 0 heterocycles. The van der Waals surface area contributed by atoms with E-state index in [9.17, 15) is 5.11 Å². The standard InChI is InChI=1S/C13H15NO2/c1-16-12-5-4-9-6-11(13(15)8-14)3-2-10(9)7-12/h2-7,13,15H,8,14H2,1H3/t13-/m0/s1. The van der Waals surface area contributed by atoms with Gasteiger partial charge >= 0.3 is 0 Å². The Morgan fingerprint density at radius 1 is 1.19 bits per heavy atom. The number of aliphatic hydroxyl groups excluding tert-OH is 1. The van der Waals surface area contributed by atoms with Crippen LogP contribution >= 0.6 is 0 Å². The zero-order chi connectivity index (χ0) is 11.5. The predicted octanol–water partition coefficient (Wildman–Crippen LogP) is 1.84. The molecule has 3 heteroatoms. The van der Waals surface area contributed by atoms with Crippen LogP contribution in [0.1, 0.15) is 11.7 Å². The summed E-state index contributed by atoms with van der Waals surface area (Å²) in [5, 5.41) is 11.8. The Morgan fingerprint density at radius 2 is 1.88 bits per heavy atom. The summed E-state index contributed by atoms with van der Waals surface area (Å²) in [6.07, 6.45) is -0.591. The van der Waals surface area contributed by atoms with Crippen LogP contribution in [-0.4, -0.2) is 18.8 Å². The third-order valence-electron chi connectivity index (χ3n) is 2.68. The molecule has 0 saturated carbocycles. The van der Waals surface area contributed by atoms with Gasteiger partial charge in [-0.05, 0) is 34.5 Å². The van der Waals surface area contributed by atoms with E-state index in [0.29, 0.717) is 0 Å². The fraction of sp³-hybridized carbons (Fsp3) is 0.231. The van der Waals surface area contributed by atoms with E-state index < -0.39 is 6.10 Å². The van der Waals surface area contributed by atoms with Gasteiger partial charge in [0.2, 0.25) is 0 Å². The van der Waals surface area contributed by atoms with Crippen molar-refractivity contribution in [2.24, 2.45) is 5.73 Å². The van der Waals surface area contributed by atoms with E-state index in [2.05, 4.69) is 0 Å². The van der Waals surface area contributed by atoms with Crippen molar-refractivity contribution in [3.8, 4) is 5.75 Å². The molecule has 0 radical (unpaired) electrons. The normalized spacial score (nSPS) is 12.7. The maximum atomic E-state index is 9.64. The van der Waals surface area contributed by atoms with Crippen molar-refractivity contribution in [3.63, 3.8) is 0 Å². The number of methoxy groups -OCH3 is 1. The van der Waals surface area contributed by atoms with Crippen LogP contribution in [0.3, 0.4) is 0 Å². The van der Waals surface area contributed by atoms with Crippen molar-refractivity contribution in [1.82, 2.24) is 0 Å². The molecule has 0 aliphatic heterocycles. The molecule has 2 aromatic rings. The fourth-order valence-electron chi connectivity index (χ4n) is 1.71. The quantitative estimate of drug-likeness (QED) is 0.824. The minimum absolute atomic E-state index is 0.238. The van der Waals surface area contributed by atoms with E-state index in [1.807, 2.05) is 36.4 Å². The summed E-state index contributed by atoms with van der Waals surface area (Å²) < 4.78 is 5.15. The maximum absolute atomic E-state index is 9.64. The number of nitrogens with two attached hydrogens (primary N) is 1. The first-order valence-corrected chi connectivity index (χ1v) is 5.20. The fourth-order valence-corrected chi connectivity index (χ4v) is 1.71. The first-order chi connectivity index (χ1) is 7.74. The van der Waals surface area contributed by atoms with Crippen molar-refractivity contribution < 1.29 is 9.84 Å². The molecule has 16 heavy (non-hydrogen) atoms. The summed E-state index contributed by atoms with van der Waals surface area (Å²) in [6, 6.07) is 11.6. The van der Waals surface area contributed by atoms with E-state index in [1.54, 1.807) is 7.11 Å². The van der Waals surface area contributed by atoms with E-state index in [-0.39, 0.29) is 6.54 Å². The summed E-state index contributed by atoms with van der Waals surface area (Å²) in [5.74, 6) is 0.833. The van der Waals surface area contributed by atoms with Gasteiger partial charge in [-0.2, -0.15) is 0 Å². The number of hydrogen-bond acceptors (Lipinski definition) is 3. The third-order valence-corrected chi connectivity index (χ3v) is 2.68. The van der Waals surface area contributed by atoms with E-state index >= 15 is 0 Å². The average Bonchev–Trinajstić information content (AvgIpc) is 2.36. The van der Waals surface area contributed by atoms with Crippen LogP contribution < -0.4 is 10.5 Å². The highest BCUT2D eigenvalue weighted by Crippen LogP contribution is 2.23. The lowest BCUT2D eigenvalue weighted by Crippen LogP contribution is -2.11. The van der Waals surface area contributed by atoms with Crippen LogP contribution in [0.2, 0.25) is 0 Å². The molecule has 1 atom stereocenters. The highest BCUT2D eigenvalue weighted by molar-refractivity contribution is 5.84. The van der Waals surface area contributed by atoms with Gasteiger partial charge in [-0.25, -0.2) is 0 Å². The Hall–Kier alpha value is -1.58. The lowest BCUT2D eigenvalue weighted by molar-refractivity contribution is 0.187. The zero-order valence-electron chi connectivity index (χ0n) is 9.18. The monoisotopic (exact) mass is 217 g/mol. The molecule has 0 bridgehead atoms. The largest absolute Gasteiger partial charge is 0.497 e. The minimum atomic E-state index is -0.591. The van der Waals surface area contributed by atoms with Gasteiger partial charge in [0.05, 0.1) is 13.2 Å². The lowest BCUT2D eigenvalue weighted by atomic mass is 10.0. The number of ether oxygens (including phenoxy) is 1. The SMILES string of the molecule is COc1ccc2cc([C@@H](O)CN)ccc2c1. The molecule has 3 nitrogen and oxygen atoms in total. The molecule has 0 spiro atoms. The van der Waals surface area contributed by atoms with Gasteiger partial charge in [0.15, 0.2) is 0 Å². The summed E-state index contributed by atoms with van der Waals surface area (Å²) in [7, 11) is 1.65. The Labute approximate surface area is 94.5 Å². The first kappa shape index (κ1) is 10.9. The summed E-state index contributed by atoms with van der Waals surface area (Å²) in [5.41, 5.74) is 6.27. The molecule has 0 fully saturated rings. The Bertz CT molecular complexity index is 496. The molecule has 0 unspecified atom stereocenters. The topological polar surface area (TPSA) is 55.5 Å². The van der Waals surface area contributed by atoms with Crippen LogP contribution in [-0.2, 0) is 0 Å². The molecular formula is C13H15NO2. The smallest absolute Gasteiger partial charge is 0.119 e. The van der Waals surface area contributed by atoms with Crippen LogP contribution in [0.25, 0.3) is 10.8 Å². The molecule has 0 aromatic heterocycles. The van der Waals surface area contributed by atoms with E-state index in [1.165, 1.54) is 0 Å². The van der Waals surface area contributed by atoms with Gasteiger partial charge in [-0.1, -0.05) is 18.2 Å². The second kappa shape index (κ2) is 4.51. The van der Waals surface area contributed by atoms with Gasteiger partial charge < -0.3 is 15.6 Å². The maximum Gasteiger partial charge on any atom is 0.119 e. The number of rotatable bonds is 3. The molecule has 0 saturated heterocycles. The zero-order valence-corrected chi connectivity index (χ0v) is 9.18. The Balaban J connectivity index is 2.47. The van der Waals surface area contributed by atoms with Crippen molar-refractivity contribution in [3.05, 3.63) is 42.0 Å². The van der Waals surface area contributed by atoms with E-state index in [0.717, 1.165) is 22.1 Å². The molecule has 0 aliphatic carbocycles. The van der Waals surface area contributed by atoms with Crippen LogP contribution in [0.5, 0.6) is 5.75 Å². The second-order valence-corrected chi connectivity index (χ2v) is 3.72. The average molecular weight is 217 g/mol. The highest BCUT2D eigenvalue weighted by atomic mass is 16.5. The first-order valence-electron chi connectivity index (χ1n) is 5.20. The summed E-state index contributed by atoms with van der Waals surface area (Å²) in [6.45, 7) is 0.238. The predicted molar refractivity (Wildman–Crippen MR) is 64.5 cm³/mol. The molecule has 3 N–H and O–H groups in total. The highest BCUT2D eigenvalue weighted by Gasteiger charge is 2.05. The van der Waals surface area contributed by atoms with Gasteiger partial charge in [0, 0.05) is 6.54 Å². The molecule has 84 valence electrons. The lowest BCUT2D eigenvalue weighted by Gasteiger charge is -2.09. The van der Waals surface area contributed by atoms with Crippen molar-refractivity contribution >= 4 is 10.8 Å². The molecular weight excluding hydrogens is 202 g/mol. The molecule has 2 aromatic carbocycles. The van der Waals surface area contributed by atoms with Crippen molar-refractivity contribution in [2.45, 2.75) is 6.10 Å². The van der Waals surface area contributed by atoms with Crippen LogP contribution in [0.15, 0.2) is 36.4 Å². The molecule has 0 aliphatic rings. The summed E-state index contributed by atoms with van der Waals surface area (Å²) >= 11 is 0. The number of benzene rings is 2. The molecule has 0 amide bonds. The van der Waals surface area contributed by atoms with Gasteiger partial charge in [0.25, 0.3) is 0 Å². The number of fused-ring (bicyclic) bond motifs is 1. The molecule has 2 rings (SSSR count). The van der Waals surface area contributed by atoms with Crippen molar-refractivity contribution in [1.29, 1.82) is 0 Å². The third kappa shape index (κ3) is 2.01. The van der Waals surface area contributed by atoms with Crippen LogP contribution in [0.4, 0.5) is 0 Å².